The Balaban J connectivity index is 2.89. The standard InChI is InChI=1S/C10H13N3/c1-13-6-7(5-11)10-8(12)3-2-4-9(10)13/h2-4,6H,5,11-12H2,1H3. The van der Waals surface area contributed by atoms with Crippen LogP contribution in [0.3, 0.4) is 0 Å². The molecule has 4 N–H and O–H groups in total. The van der Waals surface area contributed by atoms with Crippen molar-refractivity contribution < 1.29 is 0 Å². The molecule has 0 radical (unpaired) electrons. The molecule has 0 aliphatic rings. The second-order valence-electron chi connectivity index (χ2n) is 3.21. The molecule has 0 aliphatic carbocycles. The van der Waals surface area contributed by atoms with E-state index >= 15 is 0 Å². The monoisotopic (exact) mass is 175 g/mol. The SMILES string of the molecule is Cn1cc(CN)c2c(N)cccc21. The van der Waals surface area contributed by atoms with Gasteiger partial charge in [-0.1, -0.05) is 6.07 Å². The highest BCUT2D eigenvalue weighted by atomic mass is 14.9. The van der Waals surface area contributed by atoms with Crippen LogP contribution in [0.4, 0.5) is 5.69 Å². The van der Waals surface area contributed by atoms with Gasteiger partial charge in [0.05, 0.1) is 5.52 Å². The van der Waals surface area contributed by atoms with Crippen molar-refractivity contribution in [3.63, 3.8) is 0 Å². The molecule has 0 atom stereocenters. The fourth-order valence-electron chi connectivity index (χ4n) is 1.72. The number of aryl methyl sites for hydroxylation is 1. The van der Waals surface area contributed by atoms with Crippen molar-refractivity contribution in [2.75, 3.05) is 5.73 Å². The zero-order chi connectivity index (χ0) is 9.42. The van der Waals surface area contributed by atoms with E-state index in [-0.39, 0.29) is 0 Å². The minimum absolute atomic E-state index is 0.533. The van der Waals surface area contributed by atoms with Gasteiger partial charge < -0.3 is 16.0 Å². The van der Waals surface area contributed by atoms with Gasteiger partial charge in [-0.05, 0) is 17.7 Å². The number of nitrogen functional groups attached to an aromatic ring is 1. The molecule has 0 bridgehead atoms. The molecule has 1 aromatic carbocycles. The summed E-state index contributed by atoms with van der Waals surface area (Å²) in [6, 6.07) is 5.91. The molecule has 2 aromatic rings. The number of hydrogen-bond donors (Lipinski definition) is 2. The van der Waals surface area contributed by atoms with Gasteiger partial charge in [0.25, 0.3) is 0 Å². The summed E-state index contributed by atoms with van der Waals surface area (Å²) in [5.41, 5.74) is 14.6. The first kappa shape index (κ1) is 8.13. The zero-order valence-electron chi connectivity index (χ0n) is 7.62. The molecule has 0 fully saturated rings. The molecular formula is C10H13N3. The van der Waals surface area contributed by atoms with Crippen molar-refractivity contribution in [1.29, 1.82) is 0 Å². The third-order valence-corrected chi connectivity index (χ3v) is 2.35. The van der Waals surface area contributed by atoms with Crippen LogP contribution in [0.1, 0.15) is 5.56 Å². The number of aromatic nitrogens is 1. The van der Waals surface area contributed by atoms with E-state index in [2.05, 4.69) is 0 Å². The molecule has 0 saturated carbocycles. The average molecular weight is 175 g/mol. The van der Waals surface area contributed by atoms with Crippen molar-refractivity contribution in [2.45, 2.75) is 6.54 Å². The molecule has 3 heteroatoms. The van der Waals surface area contributed by atoms with Crippen molar-refractivity contribution in [2.24, 2.45) is 12.8 Å². The topological polar surface area (TPSA) is 57.0 Å². The first-order valence-electron chi connectivity index (χ1n) is 4.26. The van der Waals surface area contributed by atoms with Crippen molar-refractivity contribution in [3.8, 4) is 0 Å². The summed E-state index contributed by atoms with van der Waals surface area (Å²) in [5, 5.41) is 1.09. The van der Waals surface area contributed by atoms with Crippen LogP contribution < -0.4 is 11.5 Å². The smallest absolute Gasteiger partial charge is 0.0501 e. The molecule has 2 rings (SSSR count). The van der Waals surface area contributed by atoms with Crippen LogP contribution in [-0.4, -0.2) is 4.57 Å². The molecule has 13 heavy (non-hydrogen) atoms. The lowest BCUT2D eigenvalue weighted by Crippen LogP contribution is -1.96. The third-order valence-electron chi connectivity index (χ3n) is 2.35. The predicted octanol–water partition coefficient (Wildman–Crippen LogP) is 1.22. The van der Waals surface area contributed by atoms with Crippen LogP contribution in [0.5, 0.6) is 0 Å². The Hall–Kier alpha value is -1.48. The van der Waals surface area contributed by atoms with Gasteiger partial charge >= 0.3 is 0 Å². The fourth-order valence-corrected chi connectivity index (χ4v) is 1.72. The lowest BCUT2D eigenvalue weighted by atomic mass is 10.1. The summed E-state index contributed by atoms with van der Waals surface area (Å²) in [5.74, 6) is 0. The Morgan fingerprint density at radius 3 is 2.85 bits per heavy atom. The predicted molar refractivity (Wildman–Crippen MR) is 55.2 cm³/mol. The highest BCUT2D eigenvalue weighted by Gasteiger charge is 2.06. The number of anilines is 1. The summed E-state index contributed by atoms with van der Waals surface area (Å²) in [6.45, 7) is 0.533. The van der Waals surface area contributed by atoms with E-state index in [0.29, 0.717) is 6.54 Å². The van der Waals surface area contributed by atoms with Crippen molar-refractivity contribution >= 4 is 16.6 Å². The van der Waals surface area contributed by atoms with Gasteiger partial charge in [0.1, 0.15) is 0 Å². The molecule has 0 amide bonds. The average Bonchev–Trinajstić information content (AvgIpc) is 2.45. The number of fused-ring (bicyclic) bond motifs is 1. The van der Waals surface area contributed by atoms with E-state index in [4.69, 9.17) is 11.5 Å². The summed E-state index contributed by atoms with van der Waals surface area (Å²) < 4.78 is 2.05. The van der Waals surface area contributed by atoms with Crippen molar-refractivity contribution in [1.82, 2.24) is 4.57 Å². The van der Waals surface area contributed by atoms with Gasteiger partial charge in [-0.3, -0.25) is 0 Å². The first-order valence-corrected chi connectivity index (χ1v) is 4.26. The molecule has 68 valence electrons. The number of rotatable bonds is 1. The molecule has 0 saturated heterocycles. The van der Waals surface area contributed by atoms with Gasteiger partial charge in [0.15, 0.2) is 0 Å². The van der Waals surface area contributed by atoms with Crippen LogP contribution in [0.15, 0.2) is 24.4 Å². The van der Waals surface area contributed by atoms with Crippen LogP contribution in [0.2, 0.25) is 0 Å². The largest absolute Gasteiger partial charge is 0.398 e. The Bertz CT molecular complexity index is 443. The Labute approximate surface area is 76.9 Å². The summed E-state index contributed by atoms with van der Waals surface area (Å²) in [7, 11) is 2.00. The van der Waals surface area contributed by atoms with Gasteiger partial charge in [-0.2, -0.15) is 0 Å². The first-order chi connectivity index (χ1) is 6.24. The molecule has 1 aromatic heterocycles. The Morgan fingerprint density at radius 1 is 1.38 bits per heavy atom. The molecule has 1 heterocycles. The second-order valence-corrected chi connectivity index (χ2v) is 3.21. The second kappa shape index (κ2) is 2.78. The minimum Gasteiger partial charge on any atom is -0.398 e. The number of benzene rings is 1. The van der Waals surface area contributed by atoms with E-state index in [0.717, 1.165) is 22.2 Å². The maximum atomic E-state index is 5.88. The zero-order valence-corrected chi connectivity index (χ0v) is 7.62. The normalized spacial score (nSPS) is 10.9. The lowest BCUT2D eigenvalue weighted by Gasteiger charge is -1.99. The molecular weight excluding hydrogens is 162 g/mol. The maximum absolute atomic E-state index is 5.88. The van der Waals surface area contributed by atoms with Crippen LogP contribution >= 0.6 is 0 Å². The van der Waals surface area contributed by atoms with E-state index in [9.17, 15) is 0 Å². The fraction of sp³-hybridized carbons (Fsp3) is 0.200. The number of nitrogens with two attached hydrogens (primary N) is 2. The molecule has 3 nitrogen and oxygen atoms in total. The van der Waals surface area contributed by atoms with E-state index in [1.54, 1.807) is 0 Å². The summed E-state index contributed by atoms with van der Waals surface area (Å²) in [6.07, 6.45) is 2.03. The molecule has 0 unspecified atom stereocenters. The van der Waals surface area contributed by atoms with Gasteiger partial charge in [0, 0.05) is 30.9 Å². The third kappa shape index (κ3) is 1.09. The highest BCUT2D eigenvalue weighted by Crippen LogP contribution is 2.25. The quantitative estimate of drug-likeness (QED) is 0.640. The lowest BCUT2D eigenvalue weighted by molar-refractivity contribution is 0.949. The van der Waals surface area contributed by atoms with E-state index < -0.39 is 0 Å². The van der Waals surface area contributed by atoms with E-state index in [1.807, 2.05) is 36.0 Å². The van der Waals surface area contributed by atoms with Crippen LogP contribution in [-0.2, 0) is 13.6 Å². The maximum Gasteiger partial charge on any atom is 0.0501 e. The van der Waals surface area contributed by atoms with Gasteiger partial charge in [-0.15, -0.1) is 0 Å². The Morgan fingerprint density at radius 2 is 2.15 bits per heavy atom. The number of hydrogen-bond acceptors (Lipinski definition) is 2. The van der Waals surface area contributed by atoms with E-state index in [1.165, 1.54) is 0 Å². The minimum atomic E-state index is 0.533. The summed E-state index contributed by atoms with van der Waals surface area (Å²) in [4.78, 5) is 0. The summed E-state index contributed by atoms with van der Waals surface area (Å²) >= 11 is 0. The van der Waals surface area contributed by atoms with Crippen molar-refractivity contribution in [3.05, 3.63) is 30.0 Å². The number of nitrogens with zero attached hydrogens (tertiary/aromatic N) is 1. The highest BCUT2D eigenvalue weighted by molar-refractivity contribution is 5.94. The van der Waals surface area contributed by atoms with Gasteiger partial charge in [0.2, 0.25) is 0 Å². The van der Waals surface area contributed by atoms with Gasteiger partial charge in [-0.25, -0.2) is 0 Å². The molecule has 0 aliphatic heterocycles. The Kier molecular flexibility index (Phi) is 1.74. The molecule has 0 spiro atoms. The van der Waals surface area contributed by atoms with Crippen LogP contribution in [0.25, 0.3) is 10.9 Å². The van der Waals surface area contributed by atoms with Crippen LogP contribution in [0, 0.1) is 0 Å².